The summed E-state index contributed by atoms with van der Waals surface area (Å²) in [6, 6.07) is 2.31. The number of hydrogen-bond acceptors (Lipinski definition) is 3. The Morgan fingerprint density at radius 2 is 2.43 bits per heavy atom. The lowest BCUT2D eigenvalue weighted by Crippen LogP contribution is -2.28. The average molecular weight is 194 g/mol. The van der Waals surface area contributed by atoms with Gasteiger partial charge in [-0.25, -0.2) is 0 Å². The van der Waals surface area contributed by atoms with Gasteiger partial charge >= 0.3 is 0 Å². The number of aryl methyl sites for hydroxylation is 1. The van der Waals surface area contributed by atoms with Gasteiger partial charge in [-0.3, -0.25) is 11.3 Å². The van der Waals surface area contributed by atoms with Crippen LogP contribution in [0, 0.1) is 5.92 Å². The van der Waals surface area contributed by atoms with Gasteiger partial charge in [-0.2, -0.15) is 0 Å². The van der Waals surface area contributed by atoms with Crippen LogP contribution in [0.4, 0.5) is 0 Å². The normalized spacial score (nSPS) is 18.4. The van der Waals surface area contributed by atoms with Crippen molar-refractivity contribution < 1.29 is 4.42 Å². The number of nitrogens with one attached hydrogen (secondary N) is 1. The standard InChI is InChI=1S/C11H18N2O/c1-2-11-9(5-6-14-11)10(13-12)7-8-3-4-8/h5-6,8,10,13H,2-4,7,12H2,1H3. The first-order valence-corrected chi connectivity index (χ1v) is 5.37. The quantitative estimate of drug-likeness (QED) is 0.557. The average Bonchev–Trinajstić information content (AvgIpc) is 2.90. The summed E-state index contributed by atoms with van der Waals surface area (Å²) in [6.45, 7) is 2.10. The minimum Gasteiger partial charge on any atom is -0.469 e. The zero-order valence-electron chi connectivity index (χ0n) is 8.62. The molecule has 0 aliphatic heterocycles. The lowest BCUT2D eigenvalue weighted by atomic mass is 10.0. The topological polar surface area (TPSA) is 51.2 Å². The van der Waals surface area contributed by atoms with Gasteiger partial charge in [-0.1, -0.05) is 19.8 Å². The molecule has 3 nitrogen and oxygen atoms in total. The number of furan rings is 1. The third kappa shape index (κ3) is 1.99. The molecule has 0 bridgehead atoms. The molecule has 1 unspecified atom stereocenters. The molecule has 0 radical (unpaired) electrons. The Bertz CT molecular complexity index is 291. The van der Waals surface area contributed by atoms with Gasteiger partial charge in [0.15, 0.2) is 0 Å². The minimum absolute atomic E-state index is 0.274. The smallest absolute Gasteiger partial charge is 0.108 e. The second-order valence-electron chi connectivity index (χ2n) is 4.05. The van der Waals surface area contributed by atoms with Gasteiger partial charge in [0, 0.05) is 18.0 Å². The minimum atomic E-state index is 0.274. The van der Waals surface area contributed by atoms with Gasteiger partial charge in [0.25, 0.3) is 0 Å². The molecular weight excluding hydrogens is 176 g/mol. The third-order valence-corrected chi connectivity index (χ3v) is 2.94. The van der Waals surface area contributed by atoms with Crippen molar-refractivity contribution in [2.45, 2.75) is 38.6 Å². The van der Waals surface area contributed by atoms with E-state index in [1.807, 2.05) is 6.07 Å². The van der Waals surface area contributed by atoms with Crippen LogP contribution in [-0.4, -0.2) is 0 Å². The van der Waals surface area contributed by atoms with Crippen LogP contribution in [0.2, 0.25) is 0 Å². The van der Waals surface area contributed by atoms with E-state index < -0.39 is 0 Å². The highest BCUT2D eigenvalue weighted by molar-refractivity contribution is 5.21. The molecule has 0 saturated heterocycles. The lowest BCUT2D eigenvalue weighted by molar-refractivity contribution is 0.459. The second-order valence-corrected chi connectivity index (χ2v) is 4.05. The van der Waals surface area contributed by atoms with Gasteiger partial charge in [-0.15, -0.1) is 0 Å². The molecule has 0 amide bonds. The van der Waals surface area contributed by atoms with Crippen molar-refractivity contribution >= 4 is 0 Å². The van der Waals surface area contributed by atoms with Crippen LogP contribution in [0.3, 0.4) is 0 Å². The highest BCUT2D eigenvalue weighted by Crippen LogP contribution is 2.38. The first kappa shape index (κ1) is 9.74. The molecule has 14 heavy (non-hydrogen) atoms. The van der Waals surface area contributed by atoms with Crippen molar-refractivity contribution in [2.75, 3.05) is 0 Å². The van der Waals surface area contributed by atoms with Gasteiger partial charge in [0.05, 0.1) is 6.26 Å². The first-order valence-electron chi connectivity index (χ1n) is 5.37. The van der Waals surface area contributed by atoms with Crippen LogP contribution in [0.1, 0.15) is 43.6 Å². The van der Waals surface area contributed by atoms with Crippen molar-refractivity contribution in [3.63, 3.8) is 0 Å². The second kappa shape index (κ2) is 4.15. The van der Waals surface area contributed by atoms with E-state index in [0.717, 1.165) is 24.5 Å². The Morgan fingerprint density at radius 3 is 3.00 bits per heavy atom. The van der Waals surface area contributed by atoms with E-state index in [2.05, 4.69) is 12.3 Å². The Kier molecular flexibility index (Phi) is 2.89. The Hall–Kier alpha value is -0.800. The molecule has 0 spiro atoms. The van der Waals surface area contributed by atoms with Gasteiger partial charge < -0.3 is 4.42 Å². The fourth-order valence-electron chi connectivity index (χ4n) is 1.92. The summed E-state index contributed by atoms with van der Waals surface area (Å²) in [5, 5.41) is 0. The van der Waals surface area contributed by atoms with E-state index in [1.54, 1.807) is 6.26 Å². The zero-order chi connectivity index (χ0) is 9.97. The van der Waals surface area contributed by atoms with Crippen molar-refractivity contribution in [2.24, 2.45) is 11.8 Å². The van der Waals surface area contributed by atoms with Crippen LogP contribution < -0.4 is 11.3 Å². The molecule has 1 aromatic rings. The number of rotatable bonds is 5. The fraction of sp³-hybridized carbons (Fsp3) is 0.636. The van der Waals surface area contributed by atoms with Crippen LogP contribution in [0.5, 0.6) is 0 Å². The molecular formula is C11H18N2O. The predicted molar refractivity (Wildman–Crippen MR) is 55.5 cm³/mol. The first-order chi connectivity index (χ1) is 6.85. The molecule has 1 atom stereocenters. The Labute approximate surface area is 84.6 Å². The van der Waals surface area contributed by atoms with E-state index in [0.29, 0.717) is 0 Å². The van der Waals surface area contributed by atoms with Crippen molar-refractivity contribution in [1.29, 1.82) is 0 Å². The molecule has 78 valence electrons. The van der Waals surface area contributed by atoms with E-state index in [9.17, 15) is 0 Å². The summed E-state index contributed by atoms with van der Waals surface area (Å²) in [4.78, 5) is 0. The summed E-state index contributed by atoms with van der Waals surface area (Å²) in [7, 11) is 0. The van der Waals surface area contributed by atoms with E-state index in [-0.39, 0.29) is 6.04 Å². The summed E-state index contributed by atoms with van der Waals surface area (Å²) >= 11 is 0. The molecule has 1 aliphatic carbocycles. The maximum Gasteiger partial charge on any atom is 0.108 e. The van der Waals surface area contributed by atoms with Crippen molar-refractivity contribution in [1.82, 2.24) is 5.43 Å². The molecule has 1 fully saturated rings. The van der Waals surface area contributed by atoms with Crippen LogP contribution in [0.25, 0.3) is 0 Å². The molecule has 1 heterocycles. The third-order valence-electron chi connectivity index (χ3n) is 2.94. The molecule has 1 aromatic heterocycles. The number of hydrogen-bond donors (Lipinski definition) is 2. The zero-order valence-corrected chi connectivity index (χ0v) is 8.62. The molecule has 1 aliphatic rings. The highest BCUT2D eigenvalue weighted by atomic mass is 16.3. The van der Waals surface area contributed by atoms with Crippen molar-refractivity contribution in [3.8, 4) is 0 Å². The van der Waals surface area contributed by atoms with Gasteiger partial charge in [0.2, 0.25) is 0 Å². The van der Waals surface area contributed by atoms with Crippen LogP contribution in [-0.2, 0) is 6.42 Å². The summed E-state index contributed by atoms with van der Waals surface area (Å²) in [5.41, 5.74) is 4.13. The number of nitrogens with two attached hydrogens (primary N) is 1. The van der Waals surface area contributed by atoms with E-state index in [1.165, 1.54) is 18.4 Å². The maximum absolute atomic E-state index is 5.57. The fourth-order valence-corrected chi connectivity index (χ4v) is 1.92. The van der Waals surface area contributed by atoms with Crippen LogP contribution in [0.15, 0.2) is 16.7 Å². The van der Waals surface area contributed by atoms with Gasteiger partial charge in [0.1, 0.15) is 5.76 Å². The maximum atomic E-state index is 5.57. The molecule has 1 saturated carbocycles. The molecule has 0 aromatic carbocycles. The summed E-state index contributed by atoms with van der Waals surface area (Å²) in [6.07, 6.45) is 6.55. The van der Waals surface area contributed by atoms with Crippen molar-refractivity contribution in [3.05, 3.63) is 23.7 Å². The Morgan fingerprint density at radius 1 is 1.64 bits per heavy atom. The predicted octanol–water partition coefficient (Wildman–Crippen LogP) is 2.15. The van der Waals surface area contributed by atoms with Crippen LogP contribution >= 0.6 is 0 Å². The SMILES string of the molecule is CCc1occc1C(CC1CC1)NN. The lowest BCUT2D eigenvalue weighted by Gasteiger charge is -2.14. The molecule has 2 rings (SSSR count). The summed E-state index contributed by atoms with van der Waals surface area (Å²) < 4.78 is 5.40. The van der Waals surface area contributed by atoms with Gasteiger partial charge in [-0.05, 0) is 18.4 Å². The number of hydrazine groups is 1. The van der Waals surface area contributed by atoms with E-state index >= 15 is 0 Å². The molecule has 3 heteroatoms. The Balaban J connectivity index is 2.08. The summed E-state index contributed by atoms with van der Waals surface area (Å²) in [5.74, 6) is 7.51. The monoisotopic (exact) mass is 194 g/mol. The highest BCUT2D eigenvalue weighted by Gasteiger charge is 2.27. The van der Waals surface area contributed by atoms with E-state index in [4.69, 9.17) is 10.3 Å². The molecule has 3 N–H and O–H groups in total. The largest absolute Gasteiger partial charge is 0.469 e.